The number of halogens is 9. The maximum Gasteiger partial charge on any atom is 0.459 e. The van der Waals surface area contributed by atoms with Crippen LogP contribution in [0, 0.1) is 0 Å². The summed E-state index contributed by atoms with van der Waals surface area (Å²) in [6.45, 7) is 0. The number of benzene rings is 2. The monoisotopic (exact) mass is 480 g/mol. The Balaban J connectivity index is 2.59. The van der Waals surface area contributed by atoms with Crippen LogP contribution >= 0.6 is 11.6 Å². The van der Waals surface area contributed by atoms with Crippen molar-refractivity contribution >= 4 is 27.3 Å². The third-order valence-electron chi connectivity index (χ3n) is 3.53. The minimum Gasteiger partial charge on any atom is -0.200 e. The Morgan fingerprint density at radius 2 is 1.40 bits per heavy atom. The lowest BCUT2D eigenvalue weighted by Gasteiger charge is -2.22. The van der Waals surface area contributed by atoms with Crippen molar-refractivity contribution in [3.05, 3.63) is 64.7 Å². The molecule has 30 heavy (non-hydrogen) atoms. The van der Waals surface area contributed by atoms with Gasteiger partial charge in [-0.25, -0.2) is 0 Å². The van der Waals surface area contributed by atoms with Gasteiger partial charge in [-0.05, 0) is 24.3 Å². The lowest BCUT2D eigenvalue weighted by atomic mass is 10.0. The molecule has 0 saturated carbocycles. The molecule has 4 nitrogen and oxygen atoms in total. The van der Waals surface area contributed by atoms with Crippen LogP contribution in [0.4, 0.5) is 35.1 Å². The molecule has 0 aliphatic carbocycles. The van der Waals surface area contributed by atoms with Crippen molar-refractivity contribution in [1.29, 1.82) is 0 Å². The molecule has 0 spiro atoms. The van der Waals surface area contributed by atoms with Gasteiger partial charge in [-0.3, -0.25) is 0 Å². The van der Waals surface area contributed by atoms with Gasteiger partial charge < -0.3 is 0 Å². The number of nitrogens with one attached hydrogen (secondary N) is 1. The second-order valence-electron chi connectivity index (χ2n) is 5.63. The van der Waals surface area contributed by atoms with Crippen molar-refractivity contribution < 1.29 is 43.5 Å². The van der Waals surface area contributed by atoms with Crippen LogP contribution in [0.1, 0.15) is 11.1 Å². The summed E-state index contributed by atoms with van der Waals surface area (Å²) >= 11 is 5.54. The van der Waals surface area contributed by atoms with Crippen molar-refractivity contribution in [1.82, 2.24) is 4.83 Å². The van der Waals surface area contributed by atoms with Gasteiger partial charge in [0.2, 0.25) is 0 Å². The highest BCUT2D eigenvalue weighted by Gasteiger charge is 2.61. The fourth-order valence-corrected chi connectivity index (χ4v) is 3.31. The van der Waals surface area contributed by atoms with Crippen molar-refractivity contribution in [2.75, 3.05) is 0 Å². The number of alkyl halides is 8. The van der Waals surface area contributed by atoms with Gasteiger partial charge in [-0.2, -0.15) is 53.5 Å². The molecule has 0 aromatic heterocycles. The highest BCUT2D eigenvalue weighted by atomic mass is 35.5. The molecule has 14 heteroatoms. The molecule has 0 atom stereocenters. The Kier molecular flexibility index (Phi) is 6.38. The van der Waals surface area contributed by atoms with Gasteiger partial charge in [0.25, 0.3) is 10.0 Å². The largest absolute Gasteiger partial charge is 0.459 e. The average Bonchev–Trinajstić information content (AvgIpc) is 2.61. The average molecular weight is 481 g/mol. The lowest BCUT2D eigenvalue weighted by Crippen LogP contribution is -2.45. The summed E-state index contributed by atoms with van der Waals surface area (Å²) in [5, 5.41) is 2.60. The smallest absolute Gasteiger partial charge is 0.200 e. The SMILES string of the molecule is O=S(=O)(N/N=C(\c1ccc(Cl)cc1)C(F)(F)C(F)(F)F)c1ccccc1C(F)(F)F. The van der Waals surface area contributed by atoms with Crippen molar-refractivity contribution in [3.63, 3.8) is 0 Å². The summed E-state index contributed by atoms with van der Waals surface area (Å²) in [7, 11) is -5.28. The zero-order valence-electron chi connectivity index (χ0n) is 14.2. The van der Waals surface area contributed by atoms with E-state index in [9.17, 15) is 43.5 Å². The minimum atomic E-state index is -6.18. The molecule has 1 N–H and O–H groups in total. The second kappa shape index (κ2) is 8.02. The third kappa shape index (κ3) is 5.01. The number of hydrogen-bond acceptors (Lipinski definition) is 3. The zero-order valence-corrected chi connectivity index (χ0v) is 15.8. The Labute approximate surface area is 169 Å². The van der Waals surface area contributed by atoms with Crippen LogP contribution in [0.15, 0.2) is 58.5 Å². The standard InChI is InChI=1S/C16H9ClF8N2O2S/c17-10-7-5-9(6-8-10)13(14(18,19)16(23,24)25)26-27-30(28,29)12-4-2-1-3-11(12)15(20,21)22/h1-8,27H/b26-13+. The first-order chi connectivity index (χ1) is 13.6. The molecule has 0 aliphatic heterocycles. The Morgan fingerprint density at radius 3 is 1.90 bits per heavy atom. The first-order valence-corrected chi connectivity index (χ1v) is 9.40. The summed E-state index contributed by atoms with van der Waals surface area (Å²) in [6.07, 6.45) is -11.3. The van der Waals surface area contributed by atoms with Gasteiger partial charge in [-0.15, -0.1) is 0 Å². The molecule has 0 fully saturated rings. The van der Waals surface area contributed by atoms with E-state index >= 15 is 0 Å². The molecular formula is C16H9ClF8N2O2S. The molecule has 0 amide bonds. The summed E-state index contributed by atoms with van der Waals surface area (Å²) in [4.78, 5) is -0.384. The van der Waals surface area contributed by atoms with E-state index in [2.05, 4.69) is 5.10 Å². The molecular weight excluding hydrogens is 472 g/mol. The van der Waals surface area contributed by atoms with Gasteiger partial charge in [0.1, 0.15) is 10.6 Å². The minimum absolute atomic E-state index is 0.0342. The maximum absolute atomic E-state index is 13.9. The molecule has 0 saturated heterocycles. The molecule has 2 rings (SSSR count). The molecule has 0 heterocycles. The first-order valence-electron chi connectivity index (χ1n) is 7.54. The second-order valence-corrected chi connectivity index (χ2v) is 7.69. The van der Waals surface area contributed by atoms with E-state index in [1.807, 2.05) is 0 Å². The Morgan fingerprint density at radius 1 is 0.867 bits per heavy atom. The fraction of sp³-hybridized carbons (Fsp3) is 0.188. The van der Waals surface area contributed by atoms with Crippen LogP contribution < -0.4 is 4.83 Å². The van der Waals surface area contributed by atoms with E-state index in [-0.39, 0.29) is 5.02 Å². The Hall–Kier alpha value is -2.41. The van der Waals surface area contributed by atoms with E-state index in [1.54, 1.807) is 0 Å². The first kappa shape index (κ1) is 23.9. The topological polar surface area (TPSA) is 58.5 Å². The predicted molar refractivity (Wildman–Crippen MR) is 90.8 cm³/mol. The molecule has 0 aliphatic rings. The lowest BCUT2D eigenvalue weighted by molar-refractivity contribution is -0.249. The molecule has 2 aromatic carbocycles. The highest BCUT2D eigenvalue weighted by Crippen LogP contribution is 2.39. The molecule has 0 bridgehead atoms. The van der Waals surface area contributed by atoms with Gasteiger partial charge in [-0.1, -0.05) is 35.9 Å². The predicted octanol–water partition coefficient (Wildman–Crippen LogP) is 5.24. The van der Waals surface area contributed by atoms with Gasteiger partial charge in [0.05, 0.1) is 5.56 Å². The number of hydrazone groups is 1. The maximum atomic E-state index is 13.9. The Bertz CT molecular complexity index is 1050. The van der Waals surface area contributed by atoms with Gasteiger partial charge >= 0.3 is 18.3 Å². The third-order valence-corrected chi connectivity index (χ3v) is 5.05. The van der Waals surface area contributed by atoms with E-state index in [0.29, 0.717) is 24.3 Å². The fourth-order valence-electron chi connectivity index (χ4n) is 2.15. The van der Waals surface area contributed by atoms with E-state index in [4.69, 9.17) is 11.6 Å². The van der Waals surface area contributed by atoms with Gasteiger partial charge in [0.15, 0.2) is 0 Å². The normalized spacial score (nSPS) is 14.0. The number of hydrogen-bond donors (Lipinski definition) is 1. The van der Waals surface area contributed by atoms with Crippen LogP contribution in [0.25, 0.3) is 0 Å². The van der Waals surface area contributed by atoms with Crippen molar-refractivity contribution in [2.24, 2.45) is 5.10 Å². The number of nitrogens with zero attached hydrogens (tertiary/aromatic N) is 1. The molecule has 2 aromatic rings. The van der Waals surface area contributed by atoms with E-state index in [1.165, 1.54) is 0 Å². The van der Waals surface area contributed by atoms with Crippen LogP contribution in [0.5, 0.6) is 0 Å². The number of rotatable bonds is 5. The van der Waals surface area contributed by atoms with E-state index < -0.39 is 50.0 Å². The molecule has 0 unspecified atom stereocenters. The molecule has 0 radical (unpaired) electrons. The molecule has 164 valence electrons. The van der Waals surface area contributed by atoms with Crippen molar-refractivity contribution in [2.45, 2.75) is 23.2 Å². The number of sulfonamides is 1. The van der Waals surface area contributed by atoms with E-state index in [0.717, 1.165) is 29.1 Å². The van der Waals surface area contributed by atoms with Crippen LogP contribution in [-0.4, -0.2) is 26.2 Å². The summed E-state index contributed by atoms with van der Waals surface area (Å²) in [5.74, 6) is -5.65. The zero-order chi connectivity index (χ0) is 23.0. The van der Waals surface area contributed by atoms with Gasteiger partial charge in [0, 0.05) is 10.6 Å². The van der Waals surface area contributed by atoms with Crippen molar-refractivity contribution in [3.8, 4) is 0 Å². The summed E-state index contributed by atoms with van der Waals surface area (Å²) in [6, 6.07) is 5.93. The highest BCUT2D eigenvalue weighted by molar-refractivity contribution is 7.89. The van der Waals surface area contributed by atoms with Crippen LogP contribution in [0.3, 0.4) is 0 Å². The summed E-state index contributed by atoms with van der Waals surface area (Å²) in [5.41, 5.74) is -4.61. The summed E-state index contributed by atoms with van der Waals surface area (Å²) < 4.78 is 130. The van der Waals surface area contributed by atoms with Crippen LogP contribution in [0.2, 0.25) is 5.02 Å². The van der Waals surface area contributed by atoms with Crippen LogP contribution in [-0.2, 0) is 16.2 Å². The quantitative estimate of drug-likeness (QED) is 0.361.